The molecule has 0 aromatic carbocycles. The Kier molecular flexibility index (Phi) is 29.2. The van der Waals surface area contributed by atoms with Crippen LogP contribution in [-0.2, 0) is 61.6 Å². The molecule has 7 aliphatic heterocycles. The van der Waals surface area contributed by atoms with Crippen LogP contribution in [0.2, 0.25) is 0 Å². The molecule has 7 rings (SSSR count). The van der Waals surface area contributed by atoms with Crippen molar-refractivity contribution in [2.45, 2.75) is 241 Å². The molecular formula is C46H78Ac2N2O31-2. The van der Waals surface area contributed by atoms with Gasteiger partial charge < -0.3 is 165 Å². The van der Waals surface area contributed by atoms with Crippen molar-refractivity contribution in [3.05, 3.63) is 24.1 Å². The summed E-state index contributed by atoms with van der Waals surface area (Å²) in [6.07, 6.45) is -57.0. The third-order valence-corrected chi connectivity index (χ3v) is 15.3. The van der Waals surface area contributed by atoms with Gasteiger partial charge in [0.2, 0.25) is 0 Å². The first-order valence-corrected chi connectivity index (χ1v) is 25.9. The monoisotopic (exact) mass is 1610 g/mol. The first-order chi connectivity index (χ1) is 37.5. The summed E-state index contributed by atoms with van der Waals surface area (Å²) in [6.45, 7) is 1.50. The quantitative estimate of drug-likeness (QED) is 0.0503. The molecule has 0 bridgehead atoms. The Morgan fingerprint density at radius 1 is 0.333 bits per heavy atom. The van der Waals surface area contributed by atoms with Gasteiger partial charge in [-0.15, -0.1) is 6.58 Å². The molecule has 7 fully saturated rings. The number of nitrogens with one attached hydrogen (secondary N) is 2. The maximum Gasteiger partial charge on any atom is 0.187 e. The second-order valence-corrected chi connectivity index (χ2v) is 20.6. The van der Waals surface area contributed by atoms with Gasteiger partial charge in [-0.25, -0.2) is 0 Å². The van der Waals surface area contributed by atoms with Crippen LogP contribution in [0.1, 0.15) is 26.7 Å². The topological polar surface area (TPSA) is 532 Å². The zero-order chi connectivity index (χ0) is 58.1. The molecule has 35 heteroatoms. The Morgan fingerprint density at radius 3 is 1.21 bits per heavy atom. The number of aliphatic hydroxyl groups is 18. The van der Waals surface area contributed by atoms with Crippen LogP contribution in [0, 0.1) is 88.1 Å². The predicted molar refractivity (Wildman–Crippen MR) is 250 cm³/mol. The second-order valence-electron chi connectivity index (χ2n) is 20.6. The molecule has 7 aliphatic rings. The first kappa shape index (κ1) is 73.0. The smallest absolute Gasteiger partial charge is 0.187 e. The standard InChI is InChI=1S/C46H78N2O31.2Ac/c1-4-5-6-14-25(57)38(26(58)16(8-50)69-14)77-41-20(47)28(60)35(18(10-52)72-41)74-45-34(66)39(27(59)17(9-51)70-45)78-42-21(48)37(76-43-32(64)29(61)22(54)12(2)67-43)36(19(11-53)73-42)75-46-40(31(63)24(56)15(7-49)71-46)79-44-33(65)30(62)23(55)13(3)68-44;;/h4,12-66H,1,5-11H2,2-3H3;;/q-2;;/t12?,13?,14-,15?,16?,17?,18?,19?,20?,21?,22+,23-,24-,25?,26-,27-,28?,29?,30?,31?,32?,33?,34?,35-,36-,37?,38?,39?,40?,41-,42-,43+,44-,45-,46-;;/m0../s1. The molecule has 466 valence electrons. The molecule has 81 heavy (non-hydrogen) atoms. The van der Waals surface area contributed by atoms with Crippen molar-refractivity contribution in [1.82, 2.24) is 0 Å². The van der Waals surface area contributed by atoms with Crippen molar-refractivity contribution in [3.63, 3.8) is 0 Å². The number of allylic oxidation sites excluding steroid dienone is 1. The maximum atomic E-state index is 11.8. The fourth-order valence-electron chi connectivity index (χ4n) is 10.5. The van der Waals surface area contributed by atoms with Crippen LogP contribution in [0.3, 0.4) is 0 Å². The van der Waals surface area contributed by atoms with Gasteiger partial charge in [-0.05, 0) is 26.7 Å². The number of hydrogen-bond acceptors (Lipinski definition) is 31. The largest absolute Gasteiger partial charge is 0.668 e. The Hall–Kier alpha value is 1.30. The Balaban J connectivity index is 0.00000602. The summed E-state index contributed by atoms with van der Waals surface area (Å²) >= 11 is 0. The average Bonchev–Trinajstić information content (AvgIpc) is 3.43. The molecule has 21 unspecified atom stereocenters. The minimum absolute atomic E-state index is 0. The third-order valence-electron chi connectivity index (χ3n) is 15.3. The van der Waals surface area contributed by atoms with Crippen LogP contribution in [-0.4, -0.2) is 340 Å². The van der Waals surface area contributed by atoms with E-state index in [1.165, 1.54) is 13.8 Å². The van der Waals surface area contributed by atoms with Crippen LogP contribution in [0.5, 0.6) is 0 Å². The zero-order valence-electron chi connectivity index (χ0n) is 44.0. The van der Waals surface area contributed by atoms with Gasteiger partial charge in [-0.2, -0.15) is 0 Å². The molecule has 20 N–H and O–H groups in total. The molecule has 2 radical (unpaired) electrons. The van der Waals surface area contributed by atoms with E-state index in [2.05, 4.69) is 6.58 Å². The molecule has 35 atom stereocenters. The molecule has 0 amide bonds. The van der Waals surface area contributed by atoms with Gasteiger partial charge in [0.1, 0.15) is 147 Å². The van der Waals surface area contributed by atoms with Gasteiger partial charge >= 0.3 is 0 Å². The van der Waals surface area contributed by atoms with E-state index in [1.807, 2.05) is 0 Å². The van der Waals surface area contributed by atoms with E-state index in [1.54, 1.807) is 6.08 Å². The molecule has 0 aromatic rings. The molecule has 7 heterocycles. The van der Waals surface area contributed by atoms with E-state index >= 15 is 0 Å². The van der Waals surface area contributed by atoms with Crippen molar-refractivity contribution in [2.24, 2.45) is 0 Å². The Bertz CT molecular complexity index is 1890. The van der Waals surface area contributed by atoms with Gasteiger partial charge in [0.15, 0.2) is 25.2 Å². The van der Waals surface area contributed by atoms with Crippen molar-refractivity contribution in [1.29, 1.82) is 0 Å². The molecular weight excluding hydrogens is 1530 g/mol. The predicted octanol–water partition coefficient (Wildman–Crippen LogP) is -10.1. The molecule has 7 saturated heterocycles. The summed E-state index contributed by atoms with van der Waals surface area (Å²) in [5.74, 6) is 0. The van der Waals surface area contributed by atoms with Crippen molar-refractivity contribution < 1.29 is 242 Å². The number of hydrogen-bond donors (Lipinski definition) is 18. The number of aliphatic hydroxyl groups excluding tert-OH is 18. The van der Waals surface area contributed by atoms with E-state index in [9.17, 15) is 97.7 Å². The van der Waals surface area contributed by atoms with Crippen molar-refractivity contribution in [2.75, 3.05) is 33.0 Å². The fraction of sp³-hybridized carbons (Fsp3) is 0.957. The van der Waals surface area contributed by atoms with E-state index < -0.39 is 248 Å². The molecule has 0 aliphatic carbocycles. The van der Waals surface area contributed by atoms with E-state index in [4.69, 9.17) is 67.3 Å². The van der Waals surface area contributed by atoms with E-state index in [0.29, 0.717) is 6.42 Å². The van der Waals surface area contributed by atoms with Crippen LogP contribution in [0.4, 0.5) is 0 Å². The number of rotatable bonds is 20. The summed E-state index contributed by atoms with van der Waals surface area (Å²) in [4.78, 5) is 0. The summed E-state index contributed by atoms with van der Waals surface area (Å²) in [5, 5.41) is 195. The van der Waals surface area contributed by atoms with Crippen molar-refractivity contribution >= 4 is 0 Å². The van der Waals surface area contributed by atoms with Gasteiger partial charge in [-0.1, -0.05) is 18.2 Å². The molecule has 0 saturated carbocycles. The summed E-state index contributed by atoms with van der Waals surface area (Å²) < 4.78 is 76.0. The fourth-order valence-corrected chi connectivity index (χ4v) is 10.5. The zero-order valence-corrected chi connectivity index (χ0v) is 53.4. The first-order valence-electron chi connectivity index (χ1n) is 25.9. The SMILES string of the molecule is C=CCC[C@@H]1OC(CO)[C@H](O)C(O[C@@H]2OC(CO)[C@H](O[C@@H]3OC(CO)[C@H](O)C(O[C@@H]4OC(CO)[C@H](O[C@@H]5OC(CO)[C@H](O)C(O)C5O[C@@H]5OC(C)[C@H](O)C(O)C5O)C(O[C@H]5OC(C)[C@@H](O)C(O)C5O)C4[NH-])C3O)C(O)C2[NH-])C1O.[Ac].[Ac]. The van der Waals surface area contributed by atoms with Crippen molar-refractivity contribution in [3.8, 4) is 0 Å². The van der Waals surface area contributed by atoms with Gasteiger partial charge in [-0.3, -0.25) is 0 Å². The summed E-state index contributed by atoms with van der Waals surface area (Å²) in [7, 11) is 0. The van der Waals surface area contributed by atoms with Gasteiger partial charge in [0, 0.05) is 88.1 Å². The van der Waals surface area contributed by atoms with Gasteiger partial charge in [0.25, 0.3) is 0 Å². The maximum absolute atomic E-state index is 11.8. The average molecular weight is 1610 g/mol. The minimum atomic E-state index is -2.22. The normalized spacial score (nSPS) is 51.6. The van der Waals surface area contributed by atoms with Crippen LogP contribution in [0.15, 0.2) is 12.7 Å². The summed E-state index contributed by atoms with van der Waals surface area (Å²) in [5.41, 5.74) is 18.3. The third kappa shape index (κ3) is 15.9. The van der Waals surface area contributed by atoms with Crippen LogP contribution in [0.25, 0.3) is 11.5 Å². The number of ether oxygens (including phenoxy) is 13. The van der Waals surface area contributed by atoms with E-state index in [0.717, 1.165) is 0 Å². The minimum Gasteiger partial charge on any atom is -0.668 e. The summed E-state index contributed by atoms with van der Waals surface area (Å²) in [6, 6.07) is -3.93. The molecule has 33 nitrogen and oxygen atoms in total. The van der Waals surface area contributed by atoms with Crippen LogP contribution < -0.4 is 0 Å². The Labute approximate surface area is 535 Å². The van der Waals surface area contributed by atoms with Gasteiger partial charge in [0.05, 0.1) is 63.6 Å². The molecule has 0 spiro atoms. The Morgan fingerprint density at radius 2 is 0.704 bits per heavy atom. The van der Waals surface area contributed by atoms with E-state index in [-0.39, 0.29) is 94.5 Å². The van der Waals surface area contributed by atoms with Crippen LogP contribution >= 0.6 is 0 Å². The molecule has 0 aromatic heterocycles. The second kappa shape index (κ2) is 32.4.